The number of carboxylic acid groups (broad SMARTS) is 2. The van der Waals surface area contributed by atoms with Gasteiger partial charge in [0, 0.05) is 0 Å². The Hall–Kier alpha value is -1.14. The average Bonchev–Trinajstić information content (AvgIpc) is 2.02. The van der Waals surface area contributed by atoms with Gasteiger partial charge >= 0.3 is 11.9 Å². The number of hydrogen-bond acceptors (Lipinski definition) is 4. The van der Waals surface area contributed by atoms with Crippen LogP contribution >= 0.6 is 0 Å². The normalized spacial score (nSPS) is 12.4. The van der Waals surface area contributed by atoms with Gasteiger partial charge in [-0.2, -0.15) is 0 Å². The highest BCUT2D eigenvalue weighted by molar-refractivity contribution is 5.75. The van der Waals surface area contributed by atoms with Gasteiger partial charge in [0.05, 0.1) is 0 Å². The lowest BCUT2D eigenvalue weighted by Gasteiger charge is -2.07. The molecule has 0 aliphatic heterocycles. The van der Waals surface area contributed by atoms with Gasteiger partial charge in [0.25, 0.3) is 0 Å². The standard InChI is InChI=1S/2C4H8O3/c1-4(2,7)3(5)6;1-2-3(5)4(6)7/h7H,1-2H3,(H,5,6);3,5H,2H2,1H3,(H,6,7). The molecular formula is C8H16O6. The summed E-state index contributed by atoms with van der Waals surface area (Å²) in [4.78, 5) is 19.5. The maximum absolute atomic E-state index is 9.77. The van der Waals surface area contributed by atoms with Crippen molar-refractivity contribution in [3.8, 4) is 0 Å². The molecular weight excluding hydrogens is 192 g/mol. The Kier molecular flexibility index (Phi) is 6.94. The summed E-state index contributed by atoms with van der Waals surface area (Å²) in [6.07, 6.45) is -0.907. The fraction of sp³-hybridized carbons (Fsp3) is 0.750. The van der Waals surface area contributed by atoms with Crippen molar-refractivity contribution >= 4 is 11.9 Å². The summed E-state index contributed by atoms with van der Waals surface area (Å²) in [7, 11) is 0. The first-order valence-electron chi connectivity index (χ1n) is 3.99. The molecule has 6 nitrogen and oxygen atoms in total. The van der Waals surface area contributed by atoms with Crippen molar-refractivity contribution in [3.05, 3.63) is 0 Å². The second kappa shape index (κ2) is 6.33. The summed E-state index contributed by atoms with van der Waals surface area (Å²) in [6, 6.07) is 0. The van der Waals surface area contributed by atoms with Gasteiger partial charge in [-0.05, 0) is 20.3 Å². The molecule has 0 amide bonds. The third kappa shape index (κ3) is 8.95. The molecule has 0 aromatic rings. The SMILES string of the molecule is CC(C)(O)C(=O)O.CCC(O)C(=O)O. The minimum absolute atomic E-state index is 0.273. The van der Waals surface area contributed by atoms with E-state index in [0.29, 0.717) is 0 Å². The molecule has 1 unspecified atom stereocenters. The molecule has 4 N–H and O–H groups in total. The highest BCUT2D eigenvalue weighted by Gasteiger charge is 2.21. The molecule has 1 atom stereocenters. The molecule has 0 spiro atoms. The largest absolute Gasteiger partial charge is 0.479 e. The number of rotatable bonds is 3. The van der Waals surface area contributed by atoms with Gasteiger partial charge in [0.1, 0.15) is 0 Å². The number of aliphatic hydroxyl groups is 2. The van der Waals surface area contributed by atoms with Gasteiger partial charge in [-0.25, -0.2) is 9.59 Å². The topological polar surface area (TPSA) is 115 Å². The van der Waals surface area contributed by atoms with E-state index in [1.54, 1.807) is 6.92 Å². The maximum atomic E-state index is 9.77. The summed E-state index contributed by atoms with van der Waals surface area (Å²) in [6.45, 7) is 4.05. The summed E-state index contributed by atoms with van der Waals surface area (Å²) < 4.78 is 0. The predicted molar refractivity (Wildman–Crippen MR) is 47.9 cm³/mol. The Morgan fingerprint density at radius 2 is 1.57 bits per heavy atom. The number of aliphatic hydroxyl groups excluding tert-OH is 1. The van der Waals surface area contributed by atoms with Crippen LogP contribution in [0.5, 0.6) is 0 Å². The van der Waals surface area contributed by atoms with Crippen molar-refractivity contribution in [3.63, 3.8) is 0 Å². The third-order valence-electron chi connectivity index (χ3n) is 1.20. The molecule has 0 aromatic heterocycles. The summed E-state index contributed by atoms with van der Waals surface area (Å²) in [5, 5.41) is 32.8. The lowest BCUT2D eigenvalue weighted by Crippen LogP contribution is -2.30. The summed E-state index contributed by atoms with van der Waals surface area (Å²) in [5.41, 5.74) is -1.58. The summed E-state index contributed by atoms with van der Waals surface area (Å²) >= 11 is 0. The zero-order valence-electron chi connectivity index (χ0n) is 8.39. The first kappa shape index (κ1) is 15.3. The Bertz CT molecular complexity index is 192. The smallest absolute Gasteiger partial charge is 0.335 e. The van der Waals surface area contributed by atoms with Crippen LogP contribution in [-0.4, -0.2) is 44.1 Å². The molecule has 0 saturated heterocycles. The van der Waals surface area contributed by atoms with Crippen LogP contribution in [0.4, 0.5) is 0 Å². The fourth-order valence-electron chi connectivity index (χ4n) is 0.175. The van der Waals surface area contributed by atoms with E-state index in [1.165, 1.54) is 13.8 Å². The van der Waals surface area contributed by atoms with Gasteiger partial charge in [-0.15, -0.1) is 0 Å². The van der Waals surface area contributed by atoms with E-state index in [1.807, 2.05) is 0 Å². The molecule has 0 aliphatic carbocycles. The predicted octanol–water partition coefficient (Wildman–Crippen LogP) is -0.316. The Balaban J connectivity index is 0. The third-order valence-corrected chi connectivity index (χ3v) is 1.20. The lowest BCUT2D eigenvalue weighted by atomic mass is 10.1. The van der Waals surface area contributed by atoms with Gasteiger partial charge in [-0.3, -0.25) is 0 Å². The highest BCUT2D eigenvalue weighted by Crippen LogP contribution is 1.97. The van der Waals surface area contributed by atoms with E-state index < -0.39 is 23.6 Å². The van der Waals surface area contributed by atoms with E-state index in [2.05, 4.69) is 0 Å². The van der Waals surface area contributed by atoms with Crippen LogP contribution in [0.3, 0.4) is 0 Å². The van der Waals surface area contributed by atoms with Crippen molar-refractivity contribution in [2.75, 3.05) is 0 Å². The minimum atomic E-state index is -1.58. The molecule has 84 valence electrons. The van der Waals surface area contributed by atoms with Crippen molar-refractivity contribution in [1.29, 1.82) is 0 Å². The second-order valence-electron chi connectivity index (χ2n) is 3.13. The van der Waals surface area contributed by atoms with Crippen LogP contribution in [0.1, 0.15) is 27.2 Å². The van der Waals surface area contributed by atoms with Crippen molar-refractivity contribution in [1.82, 2.24) is 0 Å². The van der Waals surface area contributed by atoms with Crippen molar-refractivity contribution in [2.45, 2.75) is 38.9 Å². The minimum Gasteiger partial charge on any atom is -0.479 e. The quantitative estimate of drug-likeness (QED) is 0.505. The number of carbonyl (C=O) groups is 2. The Morgan fingerprint density at radius 1 is 1.29 bits per heavy atom. The molecule has 0 bridgehead atoms. The highest BCUT2D eigenvalue weighted by atomic mass is 16.4. The van der Waals surface area contributed by atoms with Gasteiger partial charge in [0.2, 0.25) is 0 Å². The van der Waals surface area contributed by atoms with Crippen molar-refractivity contribution < 1.29 is 30.0 Å². The zero-order valence-corrected chi connectivity index (χ0v) is 8.39. The molecule has 0 fully saturated rings. The maximum Gasteiger partial charge on any atom is 0.335 e. The van der Waals surface area contributed by atoms with Crippen LogP contribution < -0.4 is 0 Å². The summed E-state index contributed by atoms with van der Waals surface area (Å²) in [5.74, 6) is -2.35. The first-order chi connectivity index (χ1) is 6.12. The Labute approximate surface area is 81.8 Å². The van der Waals surface area contributed by atoms with Gasteiger partial charge < -0.3 is 20.4 Å². The molecule has 0 rings (SSSR count). The number of hydrogen-bond donors (Lipinski definition) is 4. The lowest BCUT2D eigenvalue weighted by molar-refractivity contribution is -0.154. The van der Waals surface area contributed by atoms with E-state index in [0.717, 1.165) is 0 Å². The fourth-order valence-corrected chi connectivity index (χ4v) is 0.175. The van der Waals surface area contributed by atoms with Crippen LogP contribution in [0.2, 0.25) is 0 Å². The molecule has 0 saturated carbocycles. The molecule has 6 heteroatoms. The van der Waals surface area contributed by atoms with Crippen LogP contribution in [0.25, 0.3) is 0 Å². The van der Waals surface area contributed by atoms with E-state index in [-0.39, 0.29) is 6.42 Å². The van der Waals surface area contributed by atoms with Crippen LogP contribution in [0, 0.1) is 0 Å². The van der Waals surface area contributed by atoms with E-state index in [4.69, 9.17) is 20.4 Å². The molecule has 0 aliphatic rings. The first-order valence-corrected chi connectivity index (χ1v) is 3.99. The van der Waals surface area contributed by atoms with Crippen LogP contribution in [0.15, 0.2) is 0 Å². The van der Waals surface area contributed by atoms with E-state index >= 15 is 0 Å². The van der Waals surface area contributed by atoms with Crippen LogP contribution in [-0.2, 0) is 9.59 Å². The average molecular weight is 208 g/mol. The Morgan fingerprint density at radius 3 is 1.57 bits per heavy atom. The zero-order chi connectivity index (χ0) is 11.9. The van der Waals surface area contributed by atoms with Gasteiger partial charge in [0.15, 0.2) is 11.7 Å². The molecule has 0 radical (unpaired) electrons. The van der Waals surface area contributed by atoms with Crippen molar-refractivity contribution in [2.24, 2.45) is 0 Å². The van der Waals surface area contributed by atoms with E-state index in [9.17, 15) is 9.59 Å². The van der Waals surface area contributed by atoms with Gasteiger partial charge in [-0.1, -0.05) is 6.92 Å². The molecule has 14 heavy (non-hydrogen) atoms. The molecule has 0 heterocycles. The number of carboxylic acids is 2. The number of aliphatic carboxylic acids is 2. The monoisotopic (exact) mass is 208 g/mol. The molecule has 0 aromatic carbocycles. The second-order valence-corrected chi connectivity index (χ2v) is 3.13.